The molecule has 0 spiro atoms. The zero-order chi connectivity index (χ0) is 27.1. The molecule has 0 N–H and O–H groups in total. The van der Waals surface area contributed by atoms with Crippen LogP contribution in [0, 0.1) is 5.82 Å². The van der Waals surface area contributed by atoms with E-state index in [2.05, 4.69) is 0 Å². The standard InChI is InChI=1S/C29H30FN3O5/c1-36-17-16-32(29(35)22-8-4-6-10-24(22)30)19-28(34)33-26(23-9-5-7-11-27(23)38-3)18-25(31-33)20-12-14-21(37-2)15-13-20/h4-15,26H,16-19H2,1-3H3/t26-/m0/s1. The van der Waals surface area contributed by atoms with E-state index >= 15 is 0 Å². The molecule has 0 aliphatic carbocycles. The van der Waals surface area contributed by atoms with Crippen LogP contribution >= 0.6 is 0 Å². The van der Waals surface area contributed by atoms with Crippen molar-refractivity contribution in [3.8, 4) is 11.5 Å². The van der Waals surface area contributed by atoms with Crippen molar-refractivity contribution in [1.29, 1.82) is 0 Å². The first-order valence-electron chi connectivity index (χ1n) is 12.2. The zero-order valence-electron chi connectivity index (χ0n) is 21.6. The molecule has 198 valence electrons. The number of carbonyl (C=O) groups excluding carboxylic acids is 2. The Morgan fingerprint density at radius 1 is 0.974 bits per heavy atom. The number of amides is 2. The molecule has 1 atom stereocenters. The monoisotopic (exact) mass is 519 g/mol. The van der Waals surface area contributed by atoms with E-state index in [1.807, 2.05) is 48.5 Å². The smallest absolute Gasteiger partial charge is 0.262 e. The van der Waals surface area contributed by atoms with Crippen LogP contribution in [0.2, 0.25) is 0 Å². The van der Waals surface area contributed by atoms with Gasteiger partial charge in [-0.25, -0.2) is 9.40 Å². The number of rotatable bonds is 10. The molecular formula is C29H30FN3O5. The van der Waals surface area contributed by atoms with Crippen molar-refractivity contribution in [3.05, 3.63) is 95.3 Å². The van der Waals surface area contributed by atoms with E-state index in [-0.39, 0.29) is 25.3 Å². The van der Waals surface area contributed by atoms with Crippen LogP contribution in [0.15, 0.2) is 77.9 Å². The number of ether oxygens (including phenoxy) is 3. The summed E-state index contributed by atoms with van der Waals surface area (Å²) in [6, 6.07) is 20.1. The summed E-state index contributed by atoms with van der Waals surface area (Å²) in [4.78, 5) is 28.2. The third kappa shape index (κ3) is 5.84. The summed E-state index contributed by atoms with van der Waals surface area (Å²) < 4.78 is 30.4. The van der Waals surface area contributed by atoms with Gasteiger partial charge in [0.15, 0.2) is 0 Å². The van der Waals surface area contributed by atoms with Crippen molar-refractivity contribution in [3.63, 3.8) is 0 Å². The van der Waals surface area contributed by atoms with Crippen molar-refractivity contribution in [2.45, 2.75) is 12.5 Å². The fraction of sp³-hybridized carbons (Fsp3) is 0.276. The first kappa shape index (κ1) is 26.8. The summed E-state index contributed by atoms with van der Waals surface area (Å²) in [5.74, 6) is -0.325. The molecule has 3 aromatic carbocycles. The first-order valence-corrected chi connectivity index (χ1v) is 12.2. The Bertz CT molecular complexity index is 1310. The molecule has 1 heterocycles. The Kier molecular flexibility index (Phi) is 8.70. The van der Waals surface area contributed by atoms with Gasteiger partial charge in [-0.3, -0.25) is 9.59 Å². The molecule has 0 saturated carbocycles. The van der Waals surface area contributed by atoms with Crippen LogP contribution in [0.1, 0.15) is 33.9 Å². The number of hydrazone groups is 1. The maximum absolute atomic E-state index is 14.4. The molecule has 1 aliphatic heterocycles. The van der Waals surface area contributed by atoms with E-state index < -0.39 is 23.7 Å². The Morgan fingerprint density at radius 2 is 1.68 bits per heavy atom. The maximum Gasteiger partial charge on any atom is 0.262 e. The van der Waals surface area contributed by atoms with E-state index in [1.165, 1.54) is 35.2 Å². The Hall–Kier alpha value is -4.24. The van der Waals surface area contributed by atoms with Gasteiger partial charge in [0.25, 0.3) is 11.8 Å². The van der Waals surface area contributed by atoms with Gasteiger partial charge < -0.3 is 19.1 Å². The average Bonchev–Trinajstić information content (AvgIpc) is 3.40. The number of benzene rings is 3. The van der Waals surface area contributed by atoms with E-state index in [0.29, 0.717) is 23.6 Å². The summed E-state index contributed by atoms with van der Waals surface area (Å²) in [5.41, 5.74) is 2.24. The molecule has 2 amide bonds. The molecule has 1 aliphatic rings. The third-order valence-electron chi connectivity index (χ3n) is 6.37. The Labute approximate surface area is 221 Å². The molecule has 0 unspecified atom stereocenters. The lowest BCUT2D eigenvalue weighted by molar-refractivity contribution is -0.133. The second-order valence-corrected chi connectivity index (χ2v) is 8.67. The van der Waals surface area contributed by atoms with Crippen LogP contribution in [-0.4, -0.2) is 68.5 Å². The minimum absolute atomic E-state index is 0.109. The van der Waals surface area contributed by atoms with E-state index in [1.54, 1.807) is 20.3 Å². The highest BCUT2D eigenvalue weighted by molar-refractivity contribution is 6.04. The molecule has 9 heteroatoms. The second kappa shape index (κ2) is 12.3. The van der Waals surface area contributed by atoms with E-state index in [9.17, 15) is 14.0 Å². The van der Waals surface area contributed by atoms with Crippen LogP contribution in [0.5, 0.6) is 11.5 Å². The fourth-order valence-electron chi connectivity index (χ4n) is 4.38. The summed E-state index contributed by atoms with van der Waals surface area (Å²) in [7, 11) is 4.67. The summed E-state index contributed by atoms with van der Waals surface area (Å²) in [5, 5.41) is 6.09. The number of methoxy groups -OCH3 is 3. The molecule has 0 aromatic heterocycles. The lowest BCUT2D eigenvalue weighted by Crippen LogP contribution is -2.43. The molecule has 4 rings (SSSR count). The van der Waals surface area contributed by atoms with Gasteiger partial charge in [0.05, 0.1) is 38.1 Å². The molecular weight excluding hydrogens is 489 g/mol. The topological polar surface area (TPSA) is 80.7 Å². The van der Waals surface area contributed by atoms with Crippen LogP contribution in [0.4, 0.5) is 4.39 Å². The van der Waals surface area contributed by atoms with Crippen molar-refractivity contribution in [2.24, 2.45) is 5.10 Å². The lowest BCUT2D eigenvalue weighted by atomic mass is 9.97. The van der Waals surface area contributed by atoms with Crippen molar-refractivity contribution in [2.75, 3.05) is 41.0 Å². The molecule has 38 heavy (non-hydrogen) atoms. The Morgan fingerprint density at radius 3 is 2.37 bits per heavy atom. The number of halogens is 1. The number of carbonyl (C=O) groups is 2. The summed E-state index contributed by atoms with van der Waals surface area (Å²) in [6.07, 6.45) is 0.442. The SMILES string of the molecule is COCCN(CC(=O)N1N=C(c2ccc(OC)cc2)C[C@H]1c1ccccc1OC)C(=O)c1ccccc1F. The third-order valence-corrected chi connectivity index (χ3v) is 6.37. The normalized spacial score (nSPS) is 14.7. The number of hydrogen-bond acceptors (Lipinski definition) is 6. The van der Waals surface area contributed by atoms with Crippen LogP contribution < -0.4 is 9.47 Å². The van der Waals surface area contributed by atoms with Gasteiger partial charge in [-0.1, -0.05) is 30.3 Å². The van der Waals surface area contributed by atoms with Gasteiger partial charge in [0.2, 0.25) is 0 Å². The quantitative estimate of drug-likeness (QED) is 0.399. The molecule has 3 aromatic rings. The van der Waals surface area contributed by atoms with Gasteiger partial charge >= 0.3 is 0 Å². The highest BCUT2D eigenvalue weighted by atomic mass is 19.1. The van der Waals surface area contributed by atoms with Crippen LogP contribution in [-0.2, 0) is 9.53 Å². The predicted molar refractivity (Wildman–Crippen MR) is 141 cm³/mol. The highest BCUT2D eigenvalue weighted by Crippen LogP contribution is 2.37. The minimum atomic E-state index is -0.653. The van der Waals surface area contributed by atoms with Crippen LogP contribution in [0.3, 0.4) is 0 Å². The molecule has 0 saturated heterocycles. The van der Waals surface area contributed by atoms with Gasteiger partial charge in [-0.2, -0.15) is 5.10 Å². The van der Waals surface area contributed by atoms with Crippen LogP contribution in [0.25, 0.3) is 0 Å². The minimum Gasteiger partial charge on any atom is -0.497 e. The first-order chi connectivity index (χ1) is 18.5. The largest absolute Gasteiger partial charge is 0.497 e. The molecule has 0 fully saturated rings. The number of nitrogens with zero attached hydrogens (tertiary/aromatic N) is 3. The van der Waals surface area contributed by atoms with Gasteiger partial charge in [-0.15, -0.1) is 0 Å². The van der Waals surface area contributed by atoms with Gasteiger partial charge in [0.1, 0.15) is 23.9 Å². The van der Waals surface area contributed by atoms with E-state index in [0.717, 1.165) is 11.1 Å². The summed E-state index contributed by atoms with van der Waals surface area (Å²) >= 11 is 0. The number of hydrogen-bond donors (Lipinski definition) is 0. The highest BCUT2D eigenvalue weighted by Gasteiger charge is 2.36. The molecule has 8 nitrogen and oxygen atoms in total. The Balaban J connectivity index is 1.66. The van der Waals surface area contributed by atoms with Crippen molar-refractivity contribution < 1.29 is 28.2 Å². The molecule has 0 bridgehead atoms. The van der Waals surface area contributed by atoms with E-state index in [4.69, 9.17) is 19.3 Å². The molecule has 0 radical (unpaired) electrons. The lowest BCUT2D eigenvalue weighted by Gasteiger charge is -2.27. The van der Waals surface area contributed by atoms with Gasteiger partial charge in [-0.05, 0) is 48.0 Å². The average molecular weight is 520 g/mol. The second-order valence-electron chi connectivity index (χ2n) is 8.67. The fourth-order valence-corrected chi connectivity index (χ4v) is 4.38. The predicted octanol–water partition coefficient (Wildman–Crippen LogP) is 4.31. The van der Waals surface area contributed by atoms with Crippen molar-refractivity contribution >= 4 is 17.5 Å². The summed E-state index contributed by atoms with van der Waals surface area (Å²) in [6.45, 7) is -0.0109. The number of para-hydroxylation sites is 1. The maximum atomic E-state index is 14.4. The van der Waals surface area contributed by atoms with Gasteiger partial charge in [0, 0.05) is 25.6 Å². The van der Waals surface area contributed by atoms with Crippen molar-refractivity contribution in [1.82, 2.24) is 9.91 Å². The zero-order valence-corrected chi connectivity index (χ0v) is 21.6.